The highest BCUT2D eigenvalue weighted by molar-refractivity contribution is 6.06. The van der Waals surface area contributed by atoms with Crippen molar-refractivity contribution in [1.82, 2.24) is 15.6 Å². The van der Waals surface area contributed by atoms with Crippen LogP contribution < -0.4 is 10.6 Å². The average molecular weight is 325 g/mol. The van der Waals surface area contributed by atoms with Gasteiger partial charge in [-0.15, -0.1) is 0 Å². The Balaban J connectivity index is 1.71. The SMILES string of the molecule is CC(C)C(=O)NCCNC(=O)c1cc(C2CC2)nc2ccccc12. The highest BCUT2D eigenvalue weighted by atomic mass is 16.2. The molecule has 1 aromatic heterocycles. The van der Waals surface area contributed by atoms with Gasteiger partial charge in [-0.05, 0) is 25.0 Å². The number of hydrogen-bond acceptors (Lipinski definition) is 3. The second kappa shape index (κ2) is 6.99. The maximum Gasteiger partial charge on any atom is 0.252 e. The van der Waals surface area contributed by atoms with E-state index in [2.05, 4.69) is 15.6 Å². The van der Waals surface area contributed by atoms with Gasteiger partial charge in [-0.2, -0.15) is 0 Å². The topological polar surface area (TPSA) is 71.1 Å². The minimum Gasteiger partial charge on any atom is -0.354 e. The van der Waals surface area contributed by atoms with Crippen molar-refractivity contribution in [3.63, 3.8) is 0 Å². The number of hydrogen-bond donors (Lipinski definition) is 2. The number of benzene rings is 1. The summed E-state index contributed by atoms with van der Waals surface area (Å²) in [5.41, 5.74) is 2.53. The first kappa shape index (κ1) is 16.4. The maximum absolute atomic E-state index is 12.6. The first-order valence-corrected chi connectivity index (χ1v) is 8.52. The molecule has 1 fully saturated rings. The number of carbonyl (C=O) groups excluding carboxylic acids is 2. The third-order valence-corrected chi connectivity index (χ3v) is 4.21. The number of fused-ring (bicyclic) bond motifs is 1. The van der Waals surface area contributed by atoms with Crippen LogP contribution in [0.2, 0.25) is 0 Å². The molecule has 2 N–H and O–H groups in total. The molecule has 0 spiro atoms. The van der Waals surface area contributed by atoms with Crippen LogP contribution in [0.15, 0.2) is 30.3 Å². The third kappa shape index (κ3) is 3.72. The molecule has 5 nitrogen and oxygen atoms in total. The van der Waals surface area contributed by atoms with Crippen LogP contribution >= 0.6 is 0 Å². The minimum atomic E-state index is -0.116. The smallest absolute Gasteiger partial charge is 0.252 e. The van der Waals surface area contributed by atoms with E-state index in [0.717, 1.165) is 29.4 Å². The summed E-state index contributed by atoms with van der Waals surface area (Å²) < 4.78 is 0. The van der Waals surface area contributed by atoms with E-state index in [-0.39, 0.29) is 17.7 Å². The third-order valence-electron chi connectivity index (χ3n) is 4.21. The van der Waals surface area contributed by atoms with Gasteiger partial charge in [-0.1, -0.05) is 32.0 Å². The summed E-state index contributed by atoms with van der Waals surface area (Å²) in [6.45, 7) is 4.53. The Labute approximate surface area is 141 Å². The van der Waals surface area contributed by atoms with Gasteiger partial charge in [0.1, 0.15) is 0 Å². The lowest BCUT2D eigenvalue weighted by Crippen LogP contribution is -2.36. The molecular formula is C19H23N3O2. The summed E-state index contributed by atoms with van der Waals surface area (Å²) in [5, 5.41) is 6.56. The Morgan fingerprint density at radius 3 is 2.58 bits per heavy atom. The van der Waals surface area contributed by atoms with Gasteiger partial charge in [-0.25, -0.2) is 0 Å². The predicted octanol–water partition coefficient (Wildman–Crippen LogP) is 2.61. The van der Waals surface area contributed by atoms with Gasteiger partial charge in [0, 0.05) is 36.0 Å². The van der Waals surface area contributed by atoms with Crippen molar-refractivity contribution in [2.24, 2.45) is 5.92 Å². The van der Waals surface area contributed by atoms with E-state index in [1.54, 1.807) is 0 Å². The first-order valence-electron chi connectivity index (χ1n) is 8.52. The van der Waals surface area contributed by atoms with E-state index in [1.807, 2.05) is 44.2 Å². The summed E-state index contributed by atoms with van der Waals surface area (Å²) in [5.74, 6) is 0.321. The molecule has 3 rings (SSSR count). The molecule has 1 saturated carbocycles. The molecule has 2 amide bonds. The van der Waals surface area contributed by atoms with Gasteiger partial charge < -0.3 is 10.6 Å². The molecule has 0 radical (unpaired) electrons. The molecule has 1 aliphatic rings. The van der Waals surface area contributed by atoms with Gasteiger partial charge in [0.2, 0.25) is 5.91 Å². The lowest BCUT2D eigenvalue weighted by atomic mass is 10.1. The quantitative estimate of drug-likeness (QED) is 0.802. The fraction of sp³-hybridized carbons (Fsp3) is 0.421. The molecule has 1 aromatic carbocycles. The van der Waals surface area contributed by atoms with E-state index in [9.17, 15) is 9.59 Å². The van der Waals surface area contributed by atoms with Gasteiger partial charge in [0.15, 0.2) is 0 Å². The summed E-state index contributed by atoms with van der Waals surface area (Å²) in [6.07, 6.45) is 2.29. The number of amides is 2. The Bertz CT molecular complexity index is 766. The van der Waals surface area contributed by atoms with Crippen molar-refractivity contribution in [3.8, 4) is 0 Å². The van der Waals surface area contributed by atoms with Crippen LogP contribution in [-0.4, -0.2) is 29.9 Å². The molecule has 24 heavy (non-hydrogen) atoms. The van der Waals surface area contributed by atoms with E-state index < -0.39 is 0 Å². The Hall–Kier alpha value is -2.43. The molecule has 5 heteroatoms. The van der Waals surface area contributed by atoms with E-state index in [4.69, 9.17) is 0 Å². The number of pyridine rings is 1. The zero-order valence-electron chi connectivity index (χ0n) is 14.1. The van der Waals surface area contributed by atoms with Crippen LogP contribution in [0.5, 0.6) is 0 Å². The Morgan fingerprint density at radius 1 is 1.17 bits per heavy atom. The standard InChI is InChI=1S/C19H23N3O2/c1-12(2)18(23)20-9-10-21-19(24)15-11-17(13-7-8-13)22-16-6-4-3-5-14(15)16/h3-6,11-13H,7-10H2,1-2H3,(H,20,23)(H,21,24). The summed E-state index contributed by atoms with van der Waals surface area (Å²) in [7, 11) is 0. The van der Waals surface area contributed by atoms with E-state index >= 15 is 0 Å². The highest BCUT2D eigenvalue weighted by Crippen LogP contribution is 2.40. The summed E-state index contributed by atoms with van der Waals surface area (Å²) >= 11 is 0. The van der Waals surface area contributed by atoms with Crippen LogP contribution in [0.4, 0.5) is 0 Å². The number of carbonyl (C=O) groups is 2. The van der Waals surface area contributed by atoms with Crippen LogP contribution in [-0.2, 0) is 4.79 Å². The second-order valence-corrected chi connectivity index (χ2v) is 6.59. The molecule has 0 aliphatic heterocycles. The molecule has 126 valence electrons. The molecule has 1 aliphatic carbocycles. The molecular weight excluding hydrogens is 302 g/mol. The van der Waals surface area contributed by atoms with Crippen LogP contribution in [0.3, 0.4) is 0 Å². The van der Waals surface area contributed by atoms with Crippen molar-refractivity contribution in [1.29, 1.82) is 0 Å². The Kier molecular flexibility index (Phi) is 4.79. The Morgan fingerprint density at radius 2 is 1.88 bits per heavy atom. The fourth-order valence-electron chi connectivity index (χ4n) is 2.63. The van der Waals surface area contributed by atoms with Crippen LogP contribution in [0, 0.1) is 5.92 Å². The highest BCUT2D eigenvalue weighted by Gasteiger charge is 2.26. The van der Waals surface area contributed by atoms with Crippen molar-refractivity contribution in [2.45, 2.75) is 32.6 Å². The monoisotopic (exact) mass is 325 g/mol. The van der Waals surface area contributed by atoms with Crippen molar-refractivity contribution in [3.05, 3.63) is 41.6 Å². The van der Waals surface area contributed by atoms with Crippen LogP contribution in [0.25, 0.3) is 10.9 Å². The fourth-order valence-corrected chi connectivity index (χ4v) is 2.63. The normalized spacial score (nSPS) is 14.0. The summed E-state index contributed by atoms with van der Waals surface area (Å²) in [4.78, 5) is 28.8. The van der Waals surface area contributed by atoms with Crippen molar-refractivity contribution in [2.75, 3.05) is 13.1 Å². The van der Waals surface area contributed by atoms with Gasteiger partial charge in [0.05, 0.1) is 11.1 Å². The number of aromatic nitrogens is 1. The van der Waals surface area contributed by atoms with E-state index in [1.165, 1.54) is 0 Å². The maximum atomic E-state index is 12.6. The predicted molar refractivity (Wildman–Crippen MR) is 93.9 cm³/mol. The van der Waals surface area contributed by atoms with E-state index in [0.29, 0.717) is 24.6 Å². The lowest BCUT2D eigenvalue weighted by molar-refractivity contribution is -0.123. The largest absolute Gasteiger partial charge is 0.354 e. The van der Waals surface area contributed by atoms with Crippen molar-refractivity contribution < 1.29 is 9.59 Å². The van der Waals surface area contributed by atoms with Gasteiger partial charge in [-0.3, -0.25) is 14.6 Å². The molecule has 0 atom stereocenters. The molecule has 0 bridgehead atoms. The van der Waals surface area contributed by atoms with Crippen LogP contribution in [0.1, 0.15) is 48.7 Å². The first-order chi connectivity index (χ1) is 11.6. The zero-order valence-corrected chi connectivity index (χ0v) is 14.1. The number of nitrogens with one attached hydrogen (secondary N) is 2. The molecule has 2 aromatic rings. The lowest BCUT2D eigenvalue weighted by Gasteiger charge is -2.11. The number of nitrogens with zero attached hydrogens (tertiary/aromatic N) is 1. The minimum absolute atomic E-state index is 0.00497. The second-order valence-electron chi connectivity index (χ2n) is 6.59. The number of rotatable bonds is 6. The van der Waals surface area contributed by atoms with Gasteiger partial charge in [0.25, 0.3) is 5.91 Å². The van der Waals surface area contributed by atoms with Crippen molar-refractivity contribution >= 4 is 22.7 Å². The summed E-state index contributed by atoms with van der Waals surface area (Å²) in [6, 6.07) is 9.65. The molecule has 0 unspecified atom stereocenters. The molecule has 0 saturated heterocycles. The van der Waals surface area contributed by atoms with Gasteiger partial charge >= 0.3 is 0 Å². The number of para-hydroxylation sites is 1. The average Bonchev–Trinajstić information content (AvgIpc) is 3.42. The zero-order chi connectivity index (χ0) is 17.1. The molecule has 1 heterocycles.